The molecule has 0 saturated carbocycles. The summed E-state index contributed by atoms with van der Waals surface area (Å²) >= 11 is 0. The summed E-state index contributed by atoms with van der Waals surface area (Å²) in [5.74, 6) is 0.230. The van der Waals surface area contributed by atoms with E-state index in [-0.39, 0.29) is 5.95 Å². The van der Waals surface area contributed by atoms with Crippen LogP contribution in [0.1, 0.15) is 17.4 Å². The predicted molar refractivity (Wildman–Crippen MR) is 71.7 cm³/mol. The van der Waals surface area contributed by atoms with E-state index in [1.54, 1.807) is 37.3 Å². The Morgan fingerprint density at radius 3 is 2.55 bits per heavy atom. The number of benzene rings is 1. The molecule has 8 nitrogen and oxygen atoms in total. The number of aromatic nitrogens is 3. The van der Waals surface area contributed by atoms with Crippen molar-refractivity contribution in [2.45, 2.75) is 13.0 Å². The van der Waals surface area contributed by atoms with E-state index in [9.17, 15) is 9.59 Å². The third-order valence-electron chi connectivity index (χ3n) is 2.51. The number of carbonyl (C=O) groups excluding carboxylic acids is 2. The number of nitrogens with one attached hydrogen (secondary N) is 3. The molecule has 0 aliphatic rings. The second kappa shape index (κ2) is 5.83. The van der Waals surface area contributed by atoms with E-state index in [0.29, 0.717) is 11.4 Å². The molecule has 2 aromatic rings. The zero-order chi connectivity index (χ0) is 14.5. The average molecular weight is 274 g/mol. The third-order valence-corrected chi connectivity index (χ3v) is 2.51. The Bertz CT molecular complexity index is 609. The highest BCUT2D eigenvalue weighted by Gasteiger charge is 2.22. The van der Waals surface area contributed by atoms with Gasteiger partial charge in [0.1, 0.15) is 11.9 Å². The van der Waals surface area contributed by atoms with Crippen LogP contribution in [0.3, 0.4) is 0 Å². The Kier molecular flexibility index (Phi) is 3.94. The van der Waals surface area contributed by atoms with Gasteiger partial charge in [-0.15, -0.1) is 5.10 Å². The highest BCUT2D eigenvalue weighted by Crippen LogP contribution is 2.14. The Morgan fingerprint density at radius 1 is 1.30 bits per heavy atom. The topological polar surface area (TPSA) is 126 Å². The van der Waals surface area contributed by atoms with Crippen molar-refractivity contribution in [3.05, 3.63) is 41.7 Å². The molecule has 0 bridgehead atoms. The molecule has 0 radical (unpaired) electrons. The maximum atomic E-state index is 12.2. The zero-order valence-electron chi connectivity index (χ0n) is 10.8. The van der Waals surface area contributed by atoms with Gasteiger partial charge >= 0.3 is 6.03 Å². The quantitative estimate of drug-likeness (QED) is 0.646. The number of nitrogens with zero attached hydrogens (tertiary/aromatic N) is 2. The summed E-state index contributed by atoms with van der Waals surface area (Å²) < 4.78 is 0. The van der Waals surface area contributed by atoms with E-state index >= 15 is 0 Å². The highest BCUT2D eigenvalue weighted by atomic mass is 16.2. The minimum atomic E-state index is -0.910. The number of anilines is 1. The number of H-pyrrole nitrogens is 1. The predicted octanol–water partition coefficient (Wildman–Crippen LogP) is 0.461. The van der Waals surface area contributed by atoms with Gasteiger partial charge in [0.15, 0.2) is 0 Å². The number of aromatic amines is 1. The molecule has 3 amide bonds. The molecule has 1 aromatic heterocycles. The highest BCUT2D eigenvalue weighted by molar-refractivity contribution is 5.96. The fourth-order valence-electron chi connectivity index (χ4n) is 1.67. The van der Waals surface area contributed by atoms with Crippen molar-refractivity contribution in [1.29, 1.82) is 0 Å². The minimum absolute atomic E-state index is 0.139. The van der Waals surface area contributed by atoms with Gasteiger partial charge in [0.2, 0.25) is 5.95 Å². The monoisotopic (exact) mass is 274 g/mol. The maximum absolute atomic E-state index is 12.2. The van der Waals surface area contributed by atoms with Gasteiger partial charge in [-0.2, -0.15) is 4.98 Å². The van der Waals surface area contributed by atoms with Crippen LogP contribution in [0.5, 0.6) is 0 Å². The lowest BCUT2D eigenvalue weighted by atomic mass is 10.1. The fourth-order valence-corrected chi connectivity index (χ4v) is 1.67. The average Bonchev–Trinajstić information content (AvgIpc) is 2.82. The van der Waals surface area contributed by atoms with Gasteiger partial charge in [-0.05, 0) is 12.5 Å². The van der Waals surface area contributed by atoms with Crippen LogP contribution >= 0.6 is 0 Å². The normalized spacial score (nSPS) is 11.7. The summed E-state index contributed by atoms with van der Waals surface area (Å²) in [4.78, 5) is 27.2. The van der Waals surface area contributed by atoms with Crippen molar-refractivity contribution < 1.29 is 9.59 Å². The van der Waals surface area contributed by atoms with Crippen LogP contribution in [0.4, 0.5) is 10.7 Å². The first-order chi connectivity index (χ1) is 9.56. The molecule has 20 heavy (non-hydrogen) atoms. The Balaban J connectivity index is 2.18. The SMILES string of the molecule is Cc1nc(NC(=O)C(NC(N)=O)c2ccccc2)n[nH]1. The molecule has 0 spiro atoms. The van der Waals surface area contributed by atoms with E-state index in [4.69, 9.17) is 5.73 Å². The molecule has 1 aromatic carbocycles. The Labute approximate surface area is 114 Å². The lowest BCUT2D eigenvalue weighted by Gasteiger charge is -2.16. The second-order valence-electron chi connectivity index (χ2n) is 4.09. The number of carbonyl (C=O) groups is 2. The second-order valence-corrected chi connectivity index (χ2v) is 4.09. The summed E-state index contributed by atoms with van der Waals surface area (Å²) in [5.41, 5.74) is 5.71. The lowest BCUT2D eigenvalue weighted by molar-refractivity contribution is -0.118. The van der Waals surface area contributed by atoms with Crippen molar-refractivity contribution in [2.75, 3.05) is 5.32 Å². The third kappa shape index (κ3) is 3.31. The fraction of sp³-hybridized carbons (Fsp3) is 0.167. The number of amides is 3. The first-order valence-electron chi connectivity index (χ1n) is 5.87. The zero-order valence-corrected chi connectivity index (χ0v) is 10.8. The van der Waals surface area contributed by atoms with Gasteiger partial charge in [-0.25, -0.2) is 4.79 Å². The van der Waals surface area contributed by atoms with Crippen molar-refractivity contribution in [3.63, 3.8) is 0 Å². The molecular formula is C12H14N6O2. The van der Waals surface area contributed by atoms with Gasteiger partial charge in [0, 0.05) is 0 Å². The number of hydrogen-bond donors (Lipinski definition) is 4. The van der Waals surface area contributed by atoms with Crippen LogP contribution in [0.25, 0.3) is 0 Å². The van der Waals surface area contributed by atoms with Gasteiger partial charge in [-0.1, -0.05) is 30.3 Å². The molecule has 2 rings (SSSR count). The van der Waals surface area contributed by atoms with Crippen molar-refractivity contribution >= 4 is 17.9 Å². The molecule has 1 unspecified atom stereocenters. The summed E-state index contributed by atoms with van der Waals surface area (Å²) in [6.07, 6.45) is 0. The van der Waals surface area contributed by atoms with Crippen LogP contribution in [0, 0.1) is 6.92 Å². The van der Waals surface area contributed by atoms with E-state index in [2.05, 4.69) is 25.8 Å². The lowest BCUT2D eigenvalue weighted by Crippen LogP contribution is -2.40. The van der Waals surface area contributed by atoms with Gasteiger partial charge in [-0.3, -0.25) is 15.2 Å². The number of aryl methyl sites for hydroxylation is 1. The van der Waals surface area contributed by atoms with Crippen molar-refractivity contribution in [1.82, 2.24) is 20.5 Å². The van der Waals surface area contributed by atoms with Crippen molar-refractivity contribution in [3.8, 4) is 0 Å². The summed E-state index contributed by atoms with van der Waals surface area (Å²) in [5, 5.41) is 11.3. The number of urea groups is 1. The molecular weight excluding hydrogens is 260 g/mol. The largest absolute Gasteiger partial charge is 0.352 e. The van der Waals surface area contributed by atoms with Crippen LogP contribution in [-0.2, 0) is 4.79 Å². The van der Waals surface area contributed by atoms with E-state index in [1.807, 2.05) is 0 Å². The number of primary amides is 1. The summed E-state index contributed by atoms with van der Waals surface area (Å²) in [7, 11) is 0. The van der Waals surface area contributed by atoms with Crippen LogP contribution < -0.4 is 16.4 Å². The van der Waals surface area contributed by atoms with E-state index in [0.717, 1.165) is 0 Å². The molecule has 104 valence electrons. The van der Waals surface area contributed by atoms with E-state index in [1.165, 1.54) is 0 Å². The molecule has 1 atom stereocenters. The minimum Gasteiger partial charge on any atom is -0.352 e. The molecule has 0 aliphatic carbocycles. The summed E-state index contributed by atoms with van der Waals surface area (Å²) in [6, 6.07) is 7.05. The van der Waals surface area contributed by atoms with Crippen LogP contribution in [0.15, 0.2) is 30.3 Å². The molecule has 5 N–H and O–H groups in total. The maximum Gasteiger partial charge on any atom is 0.313 e. The molecule has 0 fully saturated rings. The smallest absolute Gasteiger partial charge is 0.313 e. The number of rotatable bonds is 4. The van der Waals surface area contributed by atoms with Crippen LogP contribution in [-0.4, -0.2) is 27.1 Å². The van der Waals surface area contributed by atoms with Gasteiger partial charge < -0.3 is 11.1 Å². The Hall–Kier alpha value is -2.90. The van der Waals surface area contributed by atoms with E-state index < -0.39 is 18.0 Å². The Morgan fingerprint density at radius 2 is 2.00 bits per heavy atom. The number of nitrogens with two attached hydrogens (primary N) is 1. The van der Waals surface area contributed by atoms with Gasteiger partial charge in [0.05, 0.1) is 0 Å². The summed E-state index contributed by atoms with van der Waals surface area (Å²) in [6.45, 7) is 1.71. The first-order valence-corrected chi connectivity index (χ1v) is 5.87. The molecule has 1 heterocycles. The first kappa shape index (κ1) is 13.5. The molecule has 8 heteroatoms. The van der Waals surface area contributed by atoms with Gasteiger partial charge in [0.25, 0.3) is 5.91 Å². The van der Waals surface area contributed by atoms with Crippen LogP contribution in [0.2, 0.25) is 0 Å². The standard InChI is InChI=1S/C12H14N6O2/c1-7-14-12(18-17-7)16-10(19)9(15-11(13)20)8-5-3-2-4-6-8/h2-6,9H,1H3,(H3,13,15,20)(H2,14,16,17,18,19). The molecule has 0 saturated heterocycles. The molecule has 0 aliphatic heterocycles. The van der Waals surface area contributed by atoms with Crippen molar-refractivity contribution in [2.24, 2.45) is 5.73 Å². The number of hydrogen-bond acceptors (Lipinski definition) is 4.